The monoisotopic (exact) mass is 424 g/mol. The largest absolute Gasteiger partial charge is 0.488 e. The molecule has 0 aliphatic heterocycles. The van der Waals surface area contributed by atoms with Gasteiger partial charge in [-0.25, -0.2) is 0 Å². The van der Waals surface area contributed by atoms with E-state index in [0.29, 0.717) is 5.46 Å². The van der Waals surface area contributed by atoms with E-state index in [0.717, 1.165) is 22.3 Å². The first-order chi connectivity index (χ1) is 16.2. The minimum absolute atomic E-state index is 0.488. The Kier molecular flexibility index (Phi) is 4.72. The molecule has 6 aromatic rings. The summed E-state index contributed by atoms with van der Waals surface area (Å²) in [6.45, 7) is 0. The van der Waals surface area contributed by atoms with Crippen LogP contribution in [0.25, 0.3) is 54.6 Å². The molecule has 3 heteroatoms. The van der Waals surface area contributed by atoms with E-state index >= 15 is 0 Å². The molecule has 0 spiro atoms. The van der Waals surface area contributed by atoms with Gasteiger partial charge in [-0.3, -0.25) is 0 Å². The van der Waals surface area contributed by atoms with E-state index in [2.05, 4.69) is 91.0 Å². The predicted octanol–water partition coefficient (Wildman–Crippen LogP) is 6.16. The van der Waals surface area contributed by atoms with Crippen LogP contribution in [0.2, 0.25) is 0 Å². The smallest absolute Gasteiger partial charge is 0.423 e. The van der Waals surface area contributed by atoms with Crippen LogP contribution in [0.4, 0.5) is 0 Å². The first-order valence-electron chi connectivity index (χ1n) is 11.1. The Morgan fingerprint density at radius 3 is 1.39 bits per heavy atom. The molecule has 0 fully saturated rings. The van der Waals surface area contributed by atoms with Crippen LogP contribution < -0.4 is 5.46 Å². The van der Waals surface area contributed by atoms with Crippen LogP contribution in [0.3, 0.4) is 0 Å². The summed E-state index contributed by atoms with van der Waals surface area (Å²) in [5.41, 5.74) is 4.77. The molecule has 0 atom stereocenters. The van der Waals surface area contributed by atoms with Crippen molar-refractivity contribution in [2.45, 2.75) is 0 Å². The zero-order valence-electron chi connectivity index (χ0n) is 17.9. The molecule has 2 nitrogen and oxygen atoms in total. The summed E-state index contributed by atoms with van der Waals surface area (Å²) < 4.78 is 0. The Morgan fingerprint density at radius 2 is 0.818 bits per heavy atom. The minimum atomic E-state index is -1.48. The zero-order valence-corrected chi connectivity index (χ0v) is 17.9. The van der Waals surface area contributed by atoms with E-state index in [4.69, 9.17) is 0 Å². The second-order valence-corrected chi connectivity index (χ2v) is 8.43. The maximum absolute atomic E-state index is 9.55. The van der Waals surface area contributed by atoms with Crippen LogP contribution in [0.5, 0.6) is 0 Å². The van der Waals surface area contributed by atoms with Gasteiger partial charge in [0.1, 0.15) is 0 Å². The van der Waals surface area contributed by atoms with Crippen molar-refractivity contribution in [3.05, 3.63) is 115 Å². The van der Waals surface area contributed by atoms with Crippen molar-refractivity contribution in [3.63, 3.8) is 0 Å². The predicted molar refractivity (Wildman–Crippen MR) is 140 cm³/mol. The normalized spacial score (nSPS) is 11.3. The standard InChI is InChI=1S/C30H21BO2/c32-31(33)24-10-6-9-22(18-24)20-7-5-8-21(17-20)23-15-16-29-27-13-2-1-11-25(27)26-12-3-4-14-28(26)30(29)19-23/h1-19,32-33H. The van der Waals surface area contributed by atoms with Crippen molar-refractivity contribution in [3.8, 4) is 22.3 Å². The van der Waals surface area contributed by atoms with Crippen LogP contribution in [0.1, 0.15) is 0 Å². The molecule has 0 aliphatic carbocycles. The second-order valence-electron chi connectivity index (χ2n) is 8.43. The summed E-state index contributed by atoms with van der Waals surface area (Å²) in [4.78, 5) is 0. The number of benzene rings is 6. The number of fused-ring (bicyclic) bond motifs is 6. The maximum atomic E-state index is 9.55. The lowest BCUT2D eigenvalue weighted by molar-refractivity contribution is 0.426. The van der Waals surface area contributed by atoms with Crippen LogP contribution in [-0.4, -0.2) is 17.2 Å². The van der Waals surface area contributed by atoms with Gasteiger partial charge >= 0.3 is 7.12 Å². The highest BCUT2D eigenvalue weighted by Gasteiger charge is 2.12. The molecule has 6 aromatic carbocycles. The fraction of sp³-hybridized carbons (Fsp3) is 0. The van der Waals surface area contributed by atoms with Crippen molar-refractivity contribution in [1.29, 1.82) is 0 Å². The Balaban J connectivity index is 1.55. The Hall–Kier alpha value is -3.92. The molecule has 0 saturated carbocycles. The summed E-state index contributed by atoms with van der Waals surface area (Å²) >= 11 is 0. The van der Waals surface area contributed by atoms with Gasteiger partial charge in [-0.2, -0.15) is 0 Å². The summed E-state index contributed by atoms with van der Waals surface area (Å²) in [5, 5.41) is 26.7. The number of hydrogen-bond acceptors (Lipinski definition) is 2. The quantitative estimate of drug-likeness (QED) is 0.264. The minimum Gasteiger partial charge on any atom is -0.423 e. The molecule has 33 heavy (non-hydrogen) atoms. The van der Waals surface area contributed by atoms with Crippen molar-refractivity contribution in [1.82, 2.24) is 0 Å². The van der Waals surface area contributed by atoms with Gasteiger partial charge in [0.15, 0.2) is 0 Å². The molecule has 0 aromatic heterocycles. The zero-order chi connectivity index (χ0) is 22.4. The number of hydrogen-bond donors (Lipinski definition) is 2. The van der Waals surface area contributed by atoms with E-state index in [1.165, 1.54) is 32.3 Å². The molecule has 0 unspecified atom stereocenters. The summed E-state index contributed by atoms with van der Waals surface area (Å²) in [5.74, 6) is 0. The highest BCUT2D eigenvalue weighted by Crippen LogP contribution is 2.37. The highest BCUT2D eigenvalue weighted by atomic mass is 16.4. The average Bonchev–Trinajstić information content (AvgIpc) is 2.89. The fourth-order valence-corrected chi connectivity index (χ4v) is 4.84. The molecule has 0 saturated heterocycles. The lowest BCUT2D eigenvalue weighted by atomic mass is 9.79. The first-order valence-corrected chi connectivity index (χ1v) is 11.1. The van der Waals surface area contributed by atoms with Gasteiger partial charge in [-0.05, 0) is 72.2 Å². The molecule has 0 amide bonds. The second kappa shape index (κ2) is 7.89. The van der Waals surface area contributed by atoms with Gasteiger partial charge in [0, 0.05) is 0 Å². The molecule has 2 N–H and O–H groups in total. The van der Waals surface area contributed by atoms with Gasteiger partial charge in [0.25, 0.3) is 0 Å². The topological polar surface area (TPSA) is 40.5 Å². The Bertz CT molecular complexity index is 1620. The average molecular weight is 424 g/mol. The molecule has 0 heterocycles. The lowest BCUT2D eigenvalue weighted by Crippen LogP contribution is -2.29. The summed E-state index contributed by atoms with van der Waals surface area (Å²) in [6.07, 6.45) is 0. The number of rotatable bonds is 3. The molecule has 0 radical (unpaired) electrons. The molecule has 0 bridgehead atoms. The van der Waals surface area contributed by atoms with Crippen molar-refractivity contribution < 1.29 is 10.0 Å². The van der Waals surface area contributed by atoms with Crippen molar-refractivity contribution in [2.24, 2.45) is 0 Å². The Morgan fingerprint density at radius 1 is 0.364 bits per heavy atom. The Labute approximate surface area is 192 Å². The third-order valence-corrected chi connectivity index (χ3v) is 6.46. The highest BCUT2D eigenvalue weighted by molar-refractivity contribution is 6.58. The van der Waals surface area contributed by atoms with Crippen LogP contribution in [0.15, 0.2) is 115 Å². The van der Waals surface area contributed by atoms with Crippen LogP contribution in [0, 0.1) is 0 Å². The van der Waals surface area contributed by atoms with E-state index in [1.54, 1.807) is 6.07 Å². The van der Waals surface area contributed by atoms with Crippen molar-refractivity contribution >= 4 is 44.9 Å². The van der Waals surface area contributed by atoms with E-state index in [9.17, 15) is 10.0 Å². The van der Waals surface area contributed by atoms with E-state index in [-0.39, 0.29) is 0 Å². The first kappa shape index (κ1) is 19.7. The molecular weight excluding hydrogens is 403 g/mol. The maximum Gasteiger partial charge on any atom is 0.488 e. The van der Waals surface area contributed by atoms with Gasteiger partial charge in [-0.15, -0.1) is 0 Å². The third-order valence-electron chi connectivity index (χ3n) is 6.46. The van der Waals surface area contributed by atoms with Gasteiger partial charge in [0.2, 0.25) is 0 Å². The molecule has 6 rings (SSSR count). The van der Waals surface area contributed by atoms with Crippen LogP contribution in [-0.2, 0) is 0 Å². The van der Waals surface area contributed by atoms with Gasteiger partial charge in [0.05, 0.1) is 0 Å². The molecular formula is C30H21BO2. The van der Waals surface area contributed by atoms with Crippen molar-refractivity contribution in [2.75, 3.05) is 0 Å². The summed E-state index contributed by atoms with van der Waals surface area (Å²) in [7, 11) is -1.48. The van der Waals surface area contributed by atoms with Gasteiger partial charge < -0.3 is 10.0 Å². The molecule has 0 aliphatic rings. The van der Waals surface area contributed by atoms with Gasteiger partial charge in [-0.1, -0.05) is 103 Å². The van der Waals surface area contributed by atoms with Crippen LogP contribution >= 0.6 is 0 Å². The van der Waals surface area contributed by atoms with E-state index in [1.807, 2.05) is 18.2 Å². The molecule has 156 valence electrons. The van der Waals surface area contributed by atoms with E-state index < -0.39 is 7.12 Å². The third kappa shape index (κ3) is 3.39. The SMILES string of the molecule is OB(O)c1cccc(-c2cccc(-c3ccc4c5ccccc5c5ccccc5c4c3)c2)c1. The fourth-order valence-electron chi connectivity index (χ4n) is 4.84. The summed E-state index contributed by atoms with van der Waals surface area (Å²) in [6, 6.07) is 39.7. The lowest BCUT2D eigenvalue weighted by Gasteiger charge is -2.12.